The van der Waals surface area contributed by atoms with Crippen molar-refractivity contribution < 1.29 is 8.85 Å². The van der Waals surface area contributed by atoms with Gasteiger partial charge in [-0.05, 0) is 43.1 Å². The van der Waals surface area contributed by atoms with Gasteiger partial charge in [0.2, 0.25) is 0 Å². The number of rotatable bonds is 6. The summed E-state index contributed by atoms with van der Waals surface area (Å²) in [5.74, 6) is 0.989. The molecule has 1 aliphatic heterocycles. The SMILES string of the molecule is CCC[Si]1(C)OCc2cc(CCC[Si](Cl)(Cl)Cl)ccc2O1. The highest BCUT2D eigenvalue weighted by molar-refractivity contribution is 7.64. The van der Waals surface area contributed by atoms with Crippen molar-refractivity contribution in [3.63, 3.8) is 0 Å². The van der Waals surface area contributed by atoms with E-state index in [1.165, 1.54) is 5.56 Å². The molecule has 21 heavy (non-hydrogen) atoms. The summed E-state index contributed by atoms with van der Waals surface area (Å²) < 4.78 is 12.1. The van der Waals surface area contributed by atoms with Crippen LogP contribution in [0.2, 0.25) is 18.6 Å². The zero-order valence-corrected chi connectivity index (χ0v) is 16.7. The maximum absolute atomic E-state index is 6.13. The summed E-state index contributed by atoms with van der Waals surface area (Å²) in [6.45, 7) is 4.96. The Balaban J connectivity index is 1.98. The molecule has 1 aromatic carbocycles. The standard InChI is InChI=1S/C14H21Cl3O2Si2/c1-3-8-20(2)18-11-13-10-12(6-7-14(13)19-20)5-4-9-21(15,16)17/h6-7,10H,3-5,8-9,11H2,1-2H3. The summed E-state index contributed by atoms with van der Waals surface area (Å²) in [6, 6.07) is 5.58. The number of fused-ring (bicyclic) bond motifs is 1. The Labute approximate surface area is 143 Å². The van der Waals surface area contributed by atoms with E-state index < -0.39 is 14.6 Å². The number of hydrogen-bond donors (Lipinski definition) is 0. The maximum Gasteiger partial charge on any atom is 0.395 e. The molecule has 1 unspecified atom stereocenters. The Kier molecular flexibility index (Phi) is 6.08. The van der Waals surface area contributed by atoms with E-state index in [2.05, 4.69) is 31.7 Å². The Hall–Kier alpha value is 0.284. The maximum atomic E-state index is 6.13. The van der Waals surface area contributed by atoms with Gasteiger partial charge in [0.05, 0.1) is 6.61 Å². The molecule has 0 saturated carbocycles. The second-order valence-corrected chi connectivity index (χ2v) is 18.2. The van der Waals surface area contributed by atoms with Gasteiger partial charge >= 0.3 is 14.6 Å². The quantitative estimate of drug-likeness (QED) is 0.465. The summed E-state index contributed by atoms with van der Waals surface area (Å²) in [5.41, 5.74) is 2.39. The molecule has 0 aromatic heterocycles. The topological polar surface area (TPSA) is 18.5 Å². The smallest absolute Gasteiger partial charge is 0.395 e. The van der Waals surface area contributed by atoms with Crippen molar-refractivity contribution in [3.8, 4) is 5.75 Å². The minimum atomic E-state index is -2.50. The predicted molar refractivity (Wildman–Crippen MR) is 95.0 cm³/mol. The summed E-state index contributed by atoms with van der Waals surface area (Å²) in [7, 11) is -2.00. The third-order valence-electron chi connectivity index (χ3n) is 3.61. The van der Waals surface area contributed by atoms with E-state index in [1.807, 2.05) is 0 Å². The van der Waals surface area contributed by atoms with Crippen molar-refractivity contribution in [2.24, 2.45) is 0 Å². The molecule has 0 aliphatic carbocycles. The first-order valence-electron chi connectivity index (χ1n) is 7.33. The lowest BCUT2D eigenvalue weighted by Gasteiger charge is -2.33. The van der Waals surface area contributed by atoms with Gasteiger partial charge in [0.15, 0.2) is 0 Å². The van der Waals surface area contributed by atoms with Gasteiger partial charge in [0, 0.05) is 11.6 Å². The Morgan fingerprint density at radius 2 is 2.05 bits per heavy atom. The number of halogens is 3. The molecule has 0 radical (unpaired) electrons. The molecule has 0 amide bonds. The molecule has 2 nitrogen and oxygen atoms in total. The van der Waals surface area contributed by atoms with Gasteiger partial charge in [-0.1, -0.05) is 19.4 Å². The third-order valence-corrected chi connectivity index (χ3v) is 9.05. The average molecular weight is 384 g/mol. The monoisotopic (exact) mass is 382 g/mol. The normalized spacial score (nSPS) is 21.8. The van der Waals surface area contributed by atoms with Crippen molar-refractivity contribution in [1.29, 1.82) is 0 Å². The van der Waals surface area contributed by atoms with Crippen LogP contribution in [-0.4, -0.2) is 14.6 Å². The lowest BCUT2D eigenvalue weighted by molar-refractivity contribution is 0.204. The first-order chi connectivity index (χ1) is 9.81. The molecule has 0 saturated heterocycles. The van der Waals surface area contributed by atoms with Gasteiger partial charge in [-0.15, -0.1) is 33.2 Å². The van der Waals surface area contributed by atoms with Gasteiger partial charge in [-0.3, -0.25) is 0 Å². The Morgan fingerprint density at radius 1 is 1.29 bits per heavy atom. The summed E-state index contributed by atoms with van der Waals surface area (Å²) in [4.78, 5) is 0. The van der Waals surface area contributed by atoms with Crippen LogP contribution in [0.3, 0.4) is 0 Å². The largest absolute Gasteiger partial charge is 0.520 e. The molecule has 0 spiro atoms. The van der Waals surface area contributed by atoms with Crippen molar-refractivity contribution in [3.05, 3.63) is 29.3 Å². The number of hydrogen-bond acceptors (Lipinski definition) is 2. The van der Waals surface area contributed by atoms with Crippen molar-refractivity contribution >= 4 is 47.8 Å². The fourth-order valence-electron chi connectivity index (χ4n) is 2.56. The second-order valence-electron chi connectivity index (χ2n) is 5.69. The molecule has 1 atom stereocenters. The zero-order chi connectivity index (χ0) is 15.5. The van der Waals surface area contributed by atoms with E-state index in [0.29, 0.717) is 12.7 Å². The Bertz CT molecular complexity index is 494. The van der Waals surface area contributed by atoms with E-state index in [1.54, 1.807) is 0 Å². The third kappa shape index (κ3) is 5.45. The molecular weight excluding hydrogens is 363 g/mol. The molecule has 1 aliphatic rings. The molecule has 1 aromatic rings. The van der Waals surface area contributed by atoms with Crippen LogP contribution in [0.1, 0.15) is 30.9 Å². The predicted octanol–water partition coefficient (Wildman–Crippen LogP) is 5.67. The first-order valence-corrected chi connectivity index (χ1v) is 15.1. The minimum absolute atomic E-state index is 0.658. The van der Waals surface area contributed by atoms with Crippen LogP contribution in [-0.2, 0) is 17.5 Å². The van der Waals surface area contributed by atoms with Gasteiger partial charge < -0.3 is 8.85 Å². The van der Waals surface area contributed by atoms with Crippen molar-refractivity contribution in [2.45, 2.75) is 51.4 Å². The fraction of sp³-hybridized carbons (Fsp3) is 0.571. The average Bonchev–Trinajstić information content (AvgIpc) is 2.37. The van der Waals surface area contributed by atoms with Gasteiger partial charge in [0.1, 0.15) is 5.75 Å². The van der Waals surface area contributed by atoms with Crippen LogP contribution in [0.4, 0.5) is 0 Å². The number of benzene rings is 1. The van der Waals surface area contributed by atoms with Crippen LogP contribution >= 0.6 is 33.2 Å². The zero-order valence-electron chi connectivity index (χ0n) is 12.4. The lowest BCUT2D eigenvalue weighted by Crippen LogP contribution is -2.44. The van der Waals surface area contributed by atoms with Crippen LogP contribution in [0.15, 0.2) is 18.2 Å². The van der Waals surface area contributed by atoms with E-state index in [9.17, 15) is 0 Å². The molecule has 0 bridgehead atoms. The van der Waals surface area contributed by atoms with Crippen LogP contribution in [0, 0.1) is 0 Å². The first kappa shape index (κ1) is 17.6. The fourth-order valence-corrected chi connectivity index (χ4v) is 6.68. The minimum Gasteiger partial charge on any atom is -0.520 e. The number of aryl methyl sites for hydroxylation is 1. The molecule has 2 rings (SSSR count). The molecule has 0 fully saturated rings. The van der Waals surface area contributed by atoms with Crippen LogP contribution in [0.25, 0.3) is 0 Å². The molecule has 118 valence electrons. The Morgan fingerprint density at radius 3 is 2.71 bits per heavy atom. The van der Waals surface area contributed by atoms with Crippen LogP contribution in [0.5, 0.6) is 5.75 Å². The summed E-state index contributed by atoms with van der Waals surface area (Å²) in [6.07, 6.45) is 2.93. The summed E-state index contributed by atoms with van der Waals surface area (Å²) in [5, 5.41) is 0. The van der Waals surface area contributed by atoms with E-state index in [0.717, 1.165) is 36.6 Å². The van der Waals surface area contributed by atoms with Crippen molar-refractivity contribution in [1.82, 2.24) is 0 Å². The lowest BCUT2D eigenvalue weighted by atomic mass is 10.1. The van der Waals surface area contributed by atoms with Gasteiger partial charge in [-0.25, -0.2) is 0 Å². The molecular formula is C14H21Cl3O2Si2. The highest BCUT2D eigenvalue weighted by Gasteiger charge is 2.36. The van der Waals surface area contributed by atoms with E-state index in [4.69, 9.17) is 42.1 Å². The molecule has 7 heteroatoms. The van der Waals surface area contributed by atoms with Gasteiger partial charge in [0.25, 0.3) is 0 Å². The molecule has 0 N–H and O–H groups in total. The van der Waals surface area contributed by atoms with Crippen LogP contribution < -0.4 is 4.43 Å². The van der Waals surface area contributed by atoms with Gasteiger partial charge in [-0.2, -0.15) is 0 Å². The second kappa shape index (κ2) is 7.24. The summed E-state index contributed by atoms with van der Waals surface area (Å²) >= 11 is 17.7. The van der Waals surface area contributed by atoms with Crippen molar-refractivity contribution in [2.75, 3.05) is 0 Å². The molecule has 1 heterocycles. The van der Waals surface area contributed by atoms with E-state index >= 15 is 0 Å². The highest BCUT2D eigenvalue weighted by atomic mass is 35.8. The highest BCUT2D eigenvalue weighted by Crippen LogP contribution is 2.33. The van der Waals surface area contributed by atoms with E-state index in [-0.39, 0.29) is 0 Å².